The molecule has 1 heterocycles. The number of ether oxygens (including phenoxy) is 1. The van der Waals surface area contributed by atoms with E-state index in [1.165, 1.54) is 24.3 Å². The molecular weight excluding hydrogens is 386 g/mol. The summed E-state index contributed by atoms with van der Waals surface area (Å²) in [6, 6.07) is 12.2. The van der Waals surface area contributed by atoms with Crippen molar-refractivity contribution in [3.8, 4) is 5.75 Å². The fraction of sp³-hybridized carbons (Fsp3) is 0.263. The summed E-state index contributed by atoms with van der Waals surface area (Å²) in [5.41, 5.74) is 0.323. The minimum Gasteiger partial charge on any atom is -0.484 e. The highest BCUT2D eigenvalue weighted by Gasteiger charge is 2.25. The molecule has 1 aliphatic rings. The SMILES string of the molecule is O=C(COc1ccc(Cl)cc1)N1CCN(C(=O)c2ccc([N+](=O)[O-])cc2)CC1. The molecule has 1 saturated heterocycles. The van der Waals surface area contributed by atoms with E-state index >= 15 is 0 Å². The molecule has 2 amide bonds. The largest absolute Gasteiger partial charge is 0.484 e. The molecule has 0 atom stereocenters. The van der Waals surface area contributed by atoms with Gasteiger partial charge in [-0.3, -0.25) is 19.7 Å². The molecule has 0 bridgehead atoms. The van der Waals surface area contributed by atoms with E-state index in [0.29, 0.717) is 42.5 Å². The molecule has 1 aliphatic heterocycles. The Hall–Kier alpha value is -3.13. The molecule has 2 aromatic carbocycles. The van der Waals surface area contributed by atoms with E-state index < -0.39 is 4.92 Å². The van der Waals surface area contributed by atoms with Crippen LogP contribution >= 0.6 is 11.6 Å². The lowest BCUT2D eigenvalue weighted by molar-refractivity contribution is -0.384. The second-order valence-corrected chi connectivity index (χ2v) is 6.66. The number of nitrogens with zero attached hydrogens (tertiary/aromatic N) is 3. The number of carbonyl (C=O) groups excluding carboxylic acids is 2. The van der Waals surface area contributed by atoms with Gasteiger partial charge in [0.25, 0.3) is 17.5 Å². The summed E-state index contributed by atoms with van der Waals surface area (Å²) in [5.74, 6) is 0.196. The van der Waals surface area contributed by atoms with Gasteiger partial charge in [-0.2, -0.15) is 0 Å². The van der Waals surface area contributed by atoms with Crippen LogP contribution in [0.15, 0.2) is 48.5 Å². The van der Waals surface area contributed by atoms with Crippen molar-refractivity contribution < 1.29 is 19.2 Å². The second kappa shape index (κ2) is 8.71. The van der Waals surface area contributed by atoms with Crippen LogP contribution in [0.1, 0.15) is 10.4 Å². The van der Waals surface area contributed by atoms with E-state index in [2.05, 4.69) is 0 Å². The monoisotopic (exact) mass is 403 g/mol. The van der Waals surface area contributed by atoms with Crippen LogP contribution in [-0.2, 0) is 4.79 Å². The minimum atomic E-state index is -0.509. The predicted molar refractivity (Wildman–Crippen MR) is 103 cm³/mol. The smallest absolute Gasteiger partial charge is 0.269 e. The number of non-ortho nitro benzene ring substituents is 1. The molecule has 1 fully saturated rings. The van der Waals surface area contributed by atoms with Crippen molar-refractivity contribution >= 4 is 29.1 Å². The van der Waals surface area contributed by atoms with Crippen molar-refractivity contribution in [2.45, 2.75) is 0 Å². The first-order valence-corrected chi connectivity index (χ1v) is 9.02. The minimum absolute atomic E-state index is 0.0624. The lowest BCUT2D eigenvalue weighted by Crippen LogP contribution is -2.51. The fourth-order valence-electron chi connectivity index (χ4n) is 2.83. The highest BCUT2D eigenvalue weighted by Crippen LogP contribution is 2.17. The van der Waals surface area contributed by atoms with Gasteiger partial charge < -0.3 is 14.5 Å². The third-order valence-corrected chi connectivity index (χ3v) is 4.67. The van der Waals surface area contributed by atoms with Crippen LogP contribution in [0.3, 0.4) is 0 Å². The Balaban J connectivity index is 1.49. The number of nitro groups is 1. The van der Waals surface area contributed by atoms with Crippen LogP contribution in [0.2, 0.25) is 5.02 Å². The number of carbonyl (C=O) groups is 2. The normalized spacial score (nSPS) is 13.9. The maximum absolute atomic E-state index is 12.5. The molecule has 8 nitrogen and oxygen atoms in total. The van der Waals surface area contributed by atoms with E-state index in [9.17, 15) is 19.7 Å². The molecule has 0 spiro atoms. The number of nitro benzene ring substituents is 1. The number of benzene rings is 2. The average Bonchev–Trinajstić information content (AvgIpc) is 2.73. The van der Waals surface area contributed by atoms with Crippen molar-refractivity contribution in [2.75, 3.05) is 32.8 Å². The zero-order chi connectivity index (χ0) is 20.1. The maximum Gasteiger partial charge on any atom is 0.269 e. The van der Waals surface area contributed by atoms with Gasteiger partial charge in [-0.1, -0.05) is 11.6 Å². The van der Waals surface area contributed by atoms with Crippen LogP contribution in [0.5, 0.6) is 5.75 Å². The lowest BCUT2D eigenvalue weighted by atomic mass is 10.1. The number of hydrogen-bond acceptors (Lipinski definition) is 5. The summed E-state index contributed by atoms with van der Waals surface area (Å²) in [5, 5.41) is 11.3. The number of halogens is 1. The van der Waals surface area contributed by atoms with Gasteiger partial charge in [0.05, 0.1) is 4.92 Å². The molecule has 28 heavy (non-hydrogen) atoms. The van der Waals surface area contributed by atoms with Crippen molar-refractivity contribution in [3.05, 3.63) is 69.2 Å². The summed E-state index contributed by atoms with van der Waals surface area (Å²) in [7, 11) is 0. The fourth-order valence-corrected chi connectivity index (χ4v) is 2.96. The Morgan fingerprint density at radius 3 is 2.11 bits per heavy atom. The third kappa shape index (κ3) is 4.77. The first-order chi connectivity index (χ1) is 13.4. The first kappa shape index (κ1) is 19.6. The Kier molecular flexibility index (Phi) is 6.10. The van der Waals surface area contributed by atoms with Crippen molar-refractivity contribution in [1.29, 1.82) is 0 Å². The van der Waals surface area contributed by atoms with E-state index in [4.69, 9.17) is 16.3 Å². The Labute approximate surface area is 166 Å². The van der Waals surface area contributed by atoms with Gasteiger partial charge in [-0.05, 0) is 36.4 Å². The maximum atomic E-state index is 12.5. The molecule has 0 N–H and O–H groups in total. The number of piperazine rings is 1. The predicted octanol–water partition coefficient (Wildman–Crippen LogP) is 2.61. The quantitative estimate of drug-likeness (QED) is 0.565. The summed E-state index contributed by atoms with van der Waals surface area (Å²) in [6.45, 7) is 1.51. The van der Waals surface area contributed by atoms with Crippen LogP contribution < -0.4 is 4.74 Å². The standard InChI is InChI=1S/C19H18ClN3O5/c20-15-3-7-17(8-4-15)28-13-18(24)21-9-11-22(12-10-21)19(25)14-1-5-16(6-2-14)23(26)27/h1-8H,9-13H2. The lowest BCUT2D eigenvalue weighted by Gasteiger charge is -2.34. The summed E-state index contributed by atoms with van der Waals surface area (Å²) in [4.78, 5) is 38.3. The average molecular weight is 404 g/mol. The third-order valence-electron chi connectivity index (χ3n) is 4.42. The second-order valence-electron chi connectivity index (χ2n) is 6.22. The molecule has 0 saturated carbocycles. The van der Waals surface area contributed by atoms with Crippen LogP contribution in [0.25, 0.3) is 0 Å². The van der Waals surface area contributed by atoms with Gasteiger partial charge in [-0.15, -0.1) is 0 Å². The summed E-state index contributed by atoms with van der Waals surface area (Å²) in [6.07, 6.45) is 0. The van der Waals surface area contributed by atoms with Gasteiger partial charge in [0.15, 0.2) is 6.61 Å². The molecular formula is C19H18ClN3O5. The van der Waals surface area contributed by atoms with Gasteiger partial charge in [0, 0.05) is 48.9 Å². The molecule has 0 radical (unpaired) electrons. The molecule has 3 rings (SSSR count). The van der Waals surface area contributed by atoms with Gasteiger partial charge >= 0.3 is 0 Å². The van der Waals surface area contributed by atoms with E-state index in [0.717, 1.165) is 0 Å². The summed E-state index contributed by atoms with van der Waals surface area (Å²) >= 11 is 5.81. The Morgan fingerprint density at radius 2 is 1.54 bits per heavy atom. The Morgan fingerprint density at radius 1 is 0.964 bits per heavy atom. The van der Waals surface area contributed by atoms with Crippen molar-refractivity contribution in [2.24, 2.45) is 0 Å². The topological polar surface area (TPSA) is 93.0 Å². The van der Waals surface area contributed by atoms with Crippen molar-refractivity contribution in [3.63, 3.8) is 0 Å². The molecule has 0 unspecified atom stereocenters. The molecule has 9 heteroatoms. The van der Waals surface area contributed by atoms with E-state index in [1.54, 1.807) is 34.1 Å². The zero-order valence-corrected chi connectivity index (χ0v) is 15.7. The van der Waals surface area contributed by atoms with E-state index in [-0.39, 0.29) is 24.1 Å². The van der Waals surface area contributed by atoms with Crippen molar-refractivity contribution in [1.82, 2.24) is 9.80 Å². The van der Waals surface area contributed by atoms with E-state index in [1.807, 2.05) is 0 Å². The molecule has 2 aromatic rings. The van der Waals surface area contributed by atoms with Crippen LogP contribution in [0.4, 0.5) is 5.69 Å². The first-order valence-electron chi connectivity index (χ1n) is 8.64. The van der Waals surface area contributed by atoms with Crippen LogP contribution in [0, 0.1) is 10.1 Å². The highest BCUT2D eigenvalue weighted by molar-refractivity contribution is 6.30. The molecule has 0 aliphatic carbocycles. The number of amides is 2. The Bertz CT molecular complexity index is 862. The summed E-state index contributed by atoms with van der Waals surface area (Å²) < 4.78 is 5.46. The zero-order valence-electron chi connectivity index (χ0n) is 14.9. The van der Waals surface area contributed by atoms with Gasteiger partial charge in [-0.25, -0.2) is 0 Å². The van der Waals surface area contributed by atoms with Gasteiger partial charge in [0.1, 0.15) is 5.75 Å². The number of hydrogen-bond donors (Lipinski definition) is 0. The van der Waals surface area contributed by atoms with Crippen LogP contribution in [-0.4, -0.2) is 59.3 Å². The molecule has 0 aromatic heterocycles. The van der Waals surface area contributed by atoms with Gasteiger partial charge in [0.2, 0.25) is 0 Å². The molecule has 146 valence electrons. The highest BCUT2D eigenvalue weighted by atomic mass is 35.5. The number of rotatable bonds is 5.